The molecule has 0 bridgehead atoms. The molecule has 3 aromatic heterocycles. The summed E-state index contributed by atoms with van der Waals surface area (Å²) in [7, 11) is 4.94. The van der Waals surface area contributed by atoms with E-state index in [2.05, 4.69) is 22.4 Å². The number of aliphatic hydroxyl groups excluding tert-OH is 1. The molecule has 7 aromatic carbocycles. The van der Waals surface area contributed by atoms with Crippen molar-refractivity contribution in [3.05, 3.63) is 215 Å². The fourth-order valence-corrected chi connectivity index (χ4v) is 12.9. The van der Waals surface area contributed by atoms with E-state index >= 15 is 0 Å². The molecule has 16 heteroatoms. The van der Waals surface area contributed by atoms with E-state index in [9.17, 15) is 9.90 Å². The van der Waals surface area contributed by atoms with E-state index in [-0.39, 0.29) is 24.8 Å². The average molecular weight is 1120 g/mol. The summed E-state index contributed by atoms with van der Waals surface area (Å²) in [4.78, 5) is 35.3. The first kappa shape index (κ1) is 54.5. The Morgan fingerprint density at radius 2 is 1.25 bits per heavy atom. The molecule has 3 atom stereocenters. The molecule has 406 valence electrons. The number of imidazole rings is 1. The first-order valence-corrected chi connectivity index (χ1v) is 28.9. The number of nitrogens with one attached hydrogen (secondary N) is 1. The highest BCUT2D eigenvalue weighted by Crippen LogP contribution is 2.44. The molecule has 1 fully saturated rings. The summed E-state index contributed by atoms with van der Waals surface area (Å²) in [6.07, 6.45) is 2.10. The molecule has 2 N–H and O–H groups in total. The van der Waals surface area contributed by atoms with Gasteiger partial charge in [0.25, 0.3) is 0 Å². The van der Waals surface area contributed by atoms with Crippen molar-refractivity contribution >= 4 is 79.8 Å². The number of aliphatic hydroxyl groups is 1. The van der Waals surface area contributed by atoms with Crippen molar-refractivity contribution in [2.24, 2.45) is 0 Å². The first-order chi connectivity index (χ1) is 39.2. The minimum absolute atomic E-state index is 0.0153. The zero-order valence-electron chi connectivity index (χ0n) is 44.4. The van der Waals surface area contributed by atoms with Crippen LogP contribution in [0.3, 0.4) is 0 Å². The van der Waals surface area contributed by atoms with E-state index in [0.29, 0.717) is 32.8 Å². The highest BCUT2D eigenvalue weighted by atomic mass is 35.5. The third-order valence-electron chi connectivity index (χ3n) is 14.5. The lowest BCUT2D eigenvalue weighted by Crippen LogP contribution is -2.38. The second kappa shape index (κ2) is 24.9. The van der Waals surface area contributed by atoms with Gasteiger partial charge in [-0.2, -0.15) is 0 Å². The number of methoxy groups -OCH3 is 3. The lowest BCUT2D eigenvalue weighted by molar-refractivity contribution is -0.116. The third-order valence-corrected chi connectivity index (χ3v) is 17.0. The maximum absolute atomic E-state index is 14.6. The molecule has 1 aliphatic heterocycles. The van der Waals surface area contributed by atoms with Crippen LogP contribution in [0.2, 0.25) is 5.02 Å². The highest BCUT2D eigenvalue weighted by molar-refractivity contribution is 7.99. The number of pyridine rings is 1. The Balaban J connectivity index is 0.869. The molecule has 1 amide bonds. The second-order valence-electron chi connectivity index (χ2n) is 19.4. The van der Waals surface area contributed by atoms with Crippen LogP contribution in [-0.2, 0) is 19.9 Å². The van der Waals surface area contributed by atoms with Crippen molar-refractivity contribution in [2.75, 3.05) is 44.8 Å². The SMILES string of the molecule is COc1ccc(C(OCC2OC(n3c(SCCCCCSc4c5ccc(Cl)cc5nc5cc(OC)ccc45)nc4c(NC(=O)C(c5ccccc5)c5ccccc5)ncnc43)CC2O)(c2ccccc2)c2ccc(OC)cc2)cc1. The number of ether oxygens (including phenoxy) is 5. The van der Waals surface area contributed by atoms with Crippen molar-refractivity contribution in [3.63, 3.8) is 0 Å². The summed E-state index contributed by atoms with van der Waals surface area (Å²) >= 11 is 9.85. The quantitative estimate of drug-likeness (QED) is 0.0287. The number of fused-ring (bicyclic) bond motifs is 3. The van der Waals surface area contributed by atoms with E-state index in [4.69, 9.17) is 50.2 Å². The van der Waals surface area contributed by atoms with Gasteiger partial charge in [-0.25, -0.2) is 19.9 Å². The van der Waals surface area contributed by atoms with Gasteiger partial charge in [-0.05, 0) is 94.9 Å². The van der Waals surface area contributed by atoms with Crippen LogP contribution in [0.4, 0.5) is 5.82 Å². The number of carbonyl (C=O) groups excluding carboxylic acids is 1. The minimum atomic E-state index is -1.14. The molecule has 0 spiro atoms. The zero-order chi connectivity index (χ0) is 55.0. The summed E-state index contributed by atoms with van der Waals surface area (Å²) in [5, 5.41) is 18.6. The normalized spacial score (nSPS) is 15.4. The van der Waals surface area contributed by atoms with E-state index in [1.54, 1.807) is 33.1 Å². The van der Waals surface area contributed by atoms with Gasteiger partial charge in [-0.1, -0.05) is 151 Å². The molecular formula is C64H59ClN6O7S2. The number of hydrogen-bond acceptors (Lipinski definition) is 13. The van der Waals surface area contributed by atoms with Crippen LogP contribution in [-0.4, -0.2) is 87.2 Å². The van der Waals surface area contributed by atoms with E-state index in [0.717, 1.165) is 86.1 Å². The number of anilines is 1. The Morgan fingerprint density at radius 3 is 1.88 bits per heavy atom. The number of benzene rings is 7. The zero-order valence-corrected chi connectivity index (χ0v) is 46.8. The molecule has 1 saturated heterocycles. The fourth-order valence-electron chi connectivity index (χ4n) is 10.5. The van der Waals surface area contributed by atoms with Gasteiger partial charge >= 0.3 is 0 Å². The minimum Gasteiger partial charge on any atom is -0.497 e. The number of carbonyl (C=O) groups is 1. The Morgan fingerprint density at radius 1 is 0.688 bits per heavy atom. The summed E-state index contributed by atoms with van der Waals surface area (Å²) < 4.78 is 32.8. The number of halogens is 1. The van der Waals surface area contributed by atoms with Gasteiger partial charge in [-0.3, -0.25) is 9.36 Å². The predicted molar refractivity (Wildman–Crippen MR) is 318 cm³/mol. The van der Waals surface area contributed by atoms with Gasteiger partial charge in [0, 0.05) is 38.9 Å². The molecule has 11 rings (SSSR count). The van der Waals surface area contributed by atoms with Gasteiger partial charge in [0.15, 0.2) is 22.1 Å². The number of thioether (sulfide) groups is 2. The summed E-state index contributed by atoms with van der Waals surface area (Å²) in [6.45, 7) is 0.0153. The molecule has 10 aromatic rings. The van der Waals surface area contributed by atoms with Crippen LogP contribution in [0, 0.1) is 0 Å². The van der Waals surface area contributed by atoms with Crippen molar-refractivity contribution in [3.8, 4) is 17.2 Å². The number of rotatable bonds is 22. The van der Waals surface area contributed by atoms with Crippen LogP contribution >= 0.6 is 35.1 Å². The van der Waals surface area contributed by atoms with Crippen LogP contribution < -0.4 is 19.5 Å². The molecule has 4 heterocycles. The number of hydrogen-bond donors (Lipinski definition) is 2. The summed E-state index contributed by atoms with van der Waals surface area (Å²) in [6, 6.07) is 57.0. The van der Waals surface area contributed by atoms with E-state index in [1.807, 2.05) is 180 Å². The first-order valence-electron chi connectivity index (χ1n) is 26.5. The topological polar surface area (TPSA) is 152 Å². The summed E-state index contributed by atoms with van der Waals surface area (Å²) in [5.74, 6) is 3.19. The van der Waals surface area contributed by atoms with Crippen LogP contribution in [0.1, 0.15) is 65.6 Å². The lowest BCUT2D eigenvalue weighted by Gasteiger charge is -2.37. The van der Waals surface area contributed by atoms with E-state index in [1.165, 1.54) is 11.2 Å². The Kier molecular flexibility index (Phi) is 16.9. The van der Waals surface area contributed by atoms with Gasteiger partial charge in [-0.15, -0.1) is 11.8 Å². The molecule has 0 saturated carbocycles. The molecule has 1 aliphatic rings. The maximum atomic E-state index is 14.6. The average Bonchev–Trinajstić information content (AvgIpc) is 4.12. The highest BCUT2D eigenvalue weighted by Gasteiger charge is 2.43. The number of aromatic nitrogens is 5. The third kappa shape index (κ3) is 11.4. The standard InChI is InChI=1S/C64H59ClN6O7S2/c1-74-47-27-22-44(23-28-47)64(43-20-12-6-13-21-43,45-24-29-48(75-2)30-25-45)77-39-55-54(72)38-56(78-55)71-61-58(60(66-40-67-61)70-62(73)57(41-16-8-4-9-17-41)42-18-10-5-11-19-42)69-63(71)80-35-15-7-14-34-79-59-50-32-26-46(65)36-52(50)68-53-37-49(76-3)31-33-51(53)59/h4-6,8-13,16-33,36-37,40,54-57,72H,7,14-15,34-35,38-39H2,1-3H3,(H,66,67,70,73). The van der Waals surface area contributed by atoms with Gasteiger partial charge < -0.3 is 34.1 Å². The maximum Gasteiger partial charge on any atom is 0.237 e. The van der Waals surface area contributed by atoms with Crippen molar-refractivity contribution in [1.82, 2.24) is 24.5 Å². The molecule has 3 unspecified atom stereocenters. The number of unbranched alkanes of at least 4 members (excludes halogenated alkanes) is 2. The Labute approximate surface area is 478 Å². The molecule has 80 heavy (non-hydrogen) atoms. The molecular weight excluding hydrogens is 1060 g/mol. The van der Waals surface area contributed by atoms with Gasteiger partial charge in [0.1, 0.15) is 41.5 Å². The largest absolute Gasteiger partial charge is 0.497 e. The Hall–Kier alpha value is -7.50. The molecule has 0 radical (unpaired) electrons. The fraction of sp³-hybridized carbons (Fsp3) is 0.234. The van der Waals surface area contributed by atoms with Crippen molar-refractivity contribution in [2.45, 2.75) is 65.7 Å². The smallest absolute Gasteiger partial charge is 0.237 e. The number of nitrogens with zero attached hydrogens (tertiary/aromatic N) is 5. The van der Waals surface area contributed by atoms with Crippen molar-refractivity contribution < 1.29 is 33.6 Å². The monoisotopic (exact) mass is 1120 g/mol. The number of amides is 1. The summed E-state index contributed by atoms with van der Waals surface area (Å²) in [5.41, 5.74) is 5.73. The lowest BCUT2D eigenvalue weighted by atomic mass is 9.80. The van der Waals surface area contributed by atoms with Crippen LogP contribution in [0.25, 0.3) is 33.0 Å². The Bertz CT molecular complexity index is 3640. The van der Waals surface area contributed by atoms with Gasteiger partial charge in [0.05, 0.1) is 51.0 Å². The van der Waals surface area contributed by atoms with Crippen LogP contribution in [0.5, 0.6) is 17.2 Å². The predicted octanol–water partition coefficient (Wildman–Crippen LogP) is 13.7. The molecule has 13 nitrogen and oxygen atoms in total. The molecule has 0 aliphatic carbocycles. The van der Waals surface area contributed by atoms with E-state index < -0.39 is 30.0 Å². The second-order valence-corrected chi connectivity index (χ2v) is 22.0. The van der Waals surface area contributed by atoms with Crippen molar-refractivity contribution in [1.29, 1.82) is 0 Å². The van der Waals surface area contributed by atoms with Gasteiger partial charge in [0.2, 0.25) is 5.91 Å². The van der Waals surface area contributed by atoms with Crippen LogP contribution in [0.15, 0.2) is 192 Å².